The molecule has 1 aromatic carbocycles. The lowest BCUT2D eigenvalue weighted by atomic mass is 9.71. The third-order valence-corrected chi connectivity index (χ3v) is 7.60. The van der Waals surface area contributed by atoms with E-state index in [1.807, 2.05) is 0 Å². The normalized spacial score (nSPS) is 17.2. The van der Waals surface area contributed by atoms with Crippen LogP contribution in [0.15, 0.2) is 53.7 Å². The van der Waals surface area contributed by atoms with Gasteiger partial charge in [-0.1, -0.05) is 18.2 Å². The molecule has 11 nitrogen and oxygen atoms in total. The number of aromatic nitrogens is 2. The van der Waals surface area contributed by atoms with Gasteiger partial charge in [0.1, 0.15) is 6.20 Å². The number of pyridine rings is 1. The highest BCUT2D eigenvalue weighted by Crippen LogP contribution is 2.46. The lowest BCUT2D eigenvalue weighted by Crippen LogP contribution is -2.46. The van der Waals surface area contributed by atoms with Crippen molar-refractivity contribution in [3.05, 3.63) is 64.5 Å². The Kier molecular flexibility index (Phi) is 5.44. The zero-order valence-electron chi connectivity index (χ0n) is 16.7. The average Bonchev–Trinajstić information content (AvgIpc) is 3.24. The van der Waals surface area contributed by atoms with E-state index in [1.165, 1.54) is 24.4 Å². The highest BCUT2D eigenvalue weighted by Gasteiger charge is 2.48. The molecule has 12 heteroatoms. The lowest BCUT2D eigenvalue weighted by Gasteiger charge is -2.38. The minimum absolute atomic E-state index is 0.00920. The Labute approximate surface area is 182 Å². The molecular formula is C20H20N4O7S. The molecule has 3 heterocycles. The van der Waals surface area contributed by atoms with E-state index in [4.69, 9.17) is 10.5 Å². The number of nitrogens with zero attached hydrogens (tertiary/aromatic N) is 3. The van der Waals surface area contributed by atoms with Crippen LogP contribution < -0.4 is 5.73 Å². The predicted molar refractivity (Wildman–Crippen MR) is 112 cm³/mol. The summed E-state index contributed by atoms with van der Waals surface area (Å²) in [4.78, 5) is 27.3. The molecule has 0 aliphatic carbocycles. The monoisotopic (exact) mass is 460 g/mol. The van der Waals surface area contributed by atoms with Gasteiger partial charge >= 0.3 is 5.97 Å². The van der Waals surface area contributed by atoms with Crippen LogP contribution in [0.4, 0.5) is 5.69 Å². The maximum absolute atomic E-state index is 13.1. The van der Waals surface area contributed by atoms with Gasteiger partial charge in [-0.25, -0.2) is 17.4 Å². The van der Waals surface area contributed by atoms with Gasteiger partial charge in [0, 0.05) is 24.8 Å². The van der Waals surface area contributed by atoms with Gasteiger partial charge in [-0.05, 0) is 31.0 Å². The van der Waals surface area contributed by atoms with Gasteiger partial charge in [0.25, 0.3) is 15.7 Å². The summed E-state index contributed by atoms with van der Waals surface area (Å²) < 4.78 is 32.4. The highest BCUT2D eigenvalue weighted by molar-refractivity contribution is 7.90. The van der Waals surface area contributed by atoms with Crippen LogP contribution in [0.5, 0.6) is 0 Å². The number of nitrogens with two attached hydrogens (primary N) is 1. The van der Waals surface area contributed by atoms with Gasteiger partial charge in [0.2, 0.25) is 0 Å². The Balaban J connectivity index is 1.96. The summed E-state index contributed by atoms with van der Waals surface area (Å²) in [5, 5.41) is 21.9. The predicted octanol–water partition coefficient (Wildman–Crippen LogP) is 2.06. The molecule has 1 fully saturated rings. The largest absolute Gasteiger partial charge is 0.481 e. The van der Waals surface area contributed by atoms with Gasteiger partial charge in [-0.2, -0.15) is 0 Å². The van der Waals surface area contributed by atoms with Crippen LogP contribution in [0.3, 0.4) is 0 Å². The summed E-state index contributed by atoms with van der Waals surface area (Å²) in [6.07, 6.45) is 2.28. The van der Waals surface area contributed by atoms with Gasteiger partial charge in [0.15, 0.2) is 5.65 Å². The van der Waals surface area contributed by atoms with Crippen molar-refractivity contribution in [1.82, 2.24) is 8.96 Å². The molecule has 3 N–H and O–H groups in total. The summed E-state index contributed by atoms with van der Waals surface area (Å²) >= 11 is 0. The number of ether oxygens (including phenoxy) is 1. The van der Waals surface area contributed by atoms with E-state index in [9.17, 15) is 28.4 Å². The summed E-state index contributed by atoms with van der Waals surface area (Å²) in [6.45, 7) is 0.289. The molecule has 4 rings (SSSR count). The molecule has 1 aliphatic heterocycles. The Morgan fingerprint density at radius 2 is 1.91 bits per heavy atom. The van der Waals surface area contributed by atoms with Crippen LogP contribution in [0.2, 0.25) is 0 Å². The summed E-state index contributed by atoms with van der Waals surface area (Å²) in [5.74, 6) is -1.19. The van der Waals surface area contributed by atoms with E-state index in [0.29, 0.717) is 0 Å². The number of carboxylic acids is 1. The minimum atomic E-state index is -4.05. The Morgan fingerprint density at radius 1 is 1.25 bits per heavy atom. The van der Waals surface area contributed by atoms with Gasteiger partial charge in [-0.15, -0.1) is 0 Å². The minimum Gasteiger partial charge on any atom is -0.481 e. The van der Waals surface area contributed by atoms with Crippen LogP contribution in [-0.2, 0) is 19.6 Å². The van der Waals surface area contributed by atoms with Crippen LogP contribution in [-0.4, -0.2) is 46.6 Å². The fraction of sp³-hybridized carbons (Fsp3) is 0.300. The molecule has 1 unspecified atom stereocenters. The van der Waals surface area contributed by atoms with E-state index < -0.39 is 38.1 Å². The molecule has 0 radical (unpaired) electrons. The van der Waals surface area contributed by atoms with Crippen LogP contribution >= 0.6 is 0 Å². The van der Waals surface area contributed by atoms with Crippen LogP contribution in [0, 0.1) is 15.5 Å². The number of nitro groups is 1. The number of benzene rings is 1. The van der Waals surface area contributed by atoms with Gasteiger partial charge in [-0.3, -0.25) is 14.9 Å². The molecule has 168 valence electrons. The third-order valence-electron chi connectivity index (χ3n) is 5.92. The van der Waals surface area contributed by atoms with E-state index in [2.05, 4.69) is 4.98 Å². The summed E-state index contributed by atoms with van der Waals surface area (Å²) in [5.41, 5.74) is 4.31. The number of carboxylic acid groups (broad SMARTS) is 1. The number of aliphatic carboxylic acids is 1. The first-order chi connectivity index (χ1) is 15.2. The lowest BCUT2D eigenvalue weighted by molar-refractivity contribution is -0.386. The summed E-state index contributed by atoms with van der Waals surface area (Å²) in [7, 11) is -4.05. The molecule has 0 bridgehead atoms. The quantitative estimate of drug-likeness (QED) is 0.413. The Hall–Kier alpha value is -3.35. The third kappa shape index (κ3) is 3.32. The number of rotatable bonds is 6. The van der Waals surface area contributed by atoms with Crippen molar-refractivity contribution in [2.45, 2.75) is 23.8 Å². The van der Waals surface area contributed by atoms with Crippen molar-refractivity contribution < 1.29 is 28.0 Å². The molecule has 0 spiro atoms. The van der Waals surface area contributed by atoms with Crippen molar-refractivity contribution in [2.24, 2.45) is 11.1 Å². The molecule has 2 aromatic heterocycles. The first kappa shape index (κ1) is 21.9. The number of fused-ring (bicyclic) bond motifs is 1. The van der Waals surface area contributed by atoms with E-state index >= 15 is 0 Å². The van der Waals surface area contributed by atoms with Crippen LogP contribution in [0.25, 0.3) is 11.0 Å². The molecule has 1 saturated heterocycles. The second-order valence-electron chi connectivity index (χ2n) is 7.53. The molecular weight excluding hydrogens is 440 g/mol. The van der Waals surface area contributed by atoms with Crippen molar-refractivity contribution in [3.63, 3.8) is 0 Å². The standard InChI is InChI=1S/C20H20N4O7S/c21-17(20(19(25)26)7-10-31-11-8-20)16-14-6-9-23(18(14)22-12-15(16)24(27)28)32(29,30)13-4-2-1-3-5-13/h1-6,9,12,17H,7-8,10-11,21H2,(H,25,26). The number of carbonyl (C=O) groups is 1. The van der Waals surface area contributed by atoms with Crippen molar-refractivity contribution in [2.75, 3.05) is 13.2 Å². The molecule has 0 saturated carbocycles. The van der Waals surface area contributed by atoms with E-state index in [0.717, 1.165) is 10.2 Å². The van der Waals surface area contributed by atoms with Gasteiger partial charge < -0.3 is 15.6 Å². The molecule has 32 heavy (non-hydrogen) atoms. The van der Waals surface area contributed by atoms with E-state index in [1.54, 1.807) is 18.2 Å². The number of hydrogen-bond donors (Lipinski definition) is 2. The highest BCUT2D eigenvalue weighted by atomic mass is 32.2. The zero-order valence-corrected chi connectivity index (χ0v) is 17.6. The SMILES string of the molecule is NC(c1c([N+](=O)[O-])cnc2c1ccn2S(=O)(=O)c1ccccc1)C1(C(=O)O)CCOCC1. The van der Waals surface area contributed by atoms with Crippen molar-refractivity contribution in [3.8, 4) is 0 Å². The zero-order chi connectivity index (χ0) is 23.1. The van der Waals surface area contributed by atoms with E-state index in [-0.39, 0.29) is 47.5 Å². The maximum Gasteiger partial charge on any atom is 0.311 e. The van der Waals surface area contributed by atoms with Crippen LogP contribution in [0.1, 0.15) is 24.4 Å². The number of hydrogen-bond acceptors (Lipinski definition) is 8. The Morgan fingerprint density at radius 3 is 2.50 bits per heavy atom. The molecule has 1 atom stereocenters. The Bertz CT molecular complexity index is 1300. The molecule has 3 aromatic rings. The fourth-order valence-electron chi connectivity index (χ4n) is 4.11. The maximum atomic E-state index is 13.1. The summed E-state index contributed by atoms with van der Waals surface area (Å²) in [6, 6.07) is 7.72. The second kappa shape index (κ2) is 7.97. The molecule has 1 aliphatic rings. The second-order valence-corrected chi connectivity index (χ2v) is 9.35. The first-order valence-electron chi connectivity index (χ1n) is 9.72. The molecule has 0 amide bonds. The first-order valence-corrected chi connectivity index (χ1v) is 11.2. The smallest absolute Gasteiger partial charge is 0.311 e. The average molecular weight is 460 g/mol. The van der Waals surface area contributed by atoms with Crippen molar-refractivity contribution >= 4 is 32.7 Å². The van der Waals surface area contributed by atoms with Gasteiger partial charge in [0.05, 0.1) is 26.8 Å². The topological polar surface area (TPSA) is 168 Å². The fourth-order valence-corrected chi connectivity index (χ4v) is 5.44. The van der Waals surface area contributed by atoms with Crippen molar-refractivity contribution in [1.29, 1.82) is 0 Å².